The second kappa shape index (κ2) is 5.72. The smallest absolute Gasteiger partial charge is 0.240 e. The van der Waals surface area contributed by atoms with E-state index in [1.165, 1.54) is 0 Å². The van der Waals surface area contributed by atoms with Crippen molar-refractivity contribution in [3.05, 3.63) is 33.8 Å². The van der Waals surface area contributed by atoms with Crippen molar-refractivity contribution in [2.24, 2.45) is 0 Å². The Morgan fingerprint density at radius 2 is 2.10 bits per heavy atom. The molecule has 4 nitrogen and oxygen atoms in total. The summed E-state index contributed by atoms with van der Waals surface area (Å²) in [6, 6.07) is 4.79. The fourth-order valence-corrected chi connectivity index (χ4v) is 2.71. The molecule has 108 valence electrons. The van der Waals surface area contributed by atoms with Gasteiger partial charge >= 0.3 is 0 Å². The number of rotatable bonds is 3. The van der Waals surface area contributed by atoms with Crippen LogP contribution in [0.2, 0.25) is 10.0 Å². The number of hydrogen-bond donors (Lipinski definition) is 1. The molecule has 0 atom stereocenters. The van der Waals surface area contributed by atoms with Crippen molar-refractivity contribution in [1.29, 1.82) is 0 Å². The molecule has 2 rings (SSSR count). The van der Waals surface area contributed by atoms with Crippen LogP contribution in [-0.2, 0) is 4.79 Å². The Balaban J connectivity index is 2.17. The zero-order valence-corrected chi connectivity index (χ0v) is 12.9. The highest BCUT2D eigenvalue weighted by atomic mass is 35.5. The van der Waals surface area contributed by atoms with Crippen LogP contribution < -0.4 is 5.32 Å². The molecule has 1 aliphatic heterocycles. The number of nitrogens with zero attached hydrogens (tertiary/aromatic N) is 1. The van der Waals surface area contributed by atoms with Gasteiger partial charge < -0.3 is 5.32 Å². The molecule has 20 heavy (non-hydrogen) atoms. The van der Waals surface area contributed by atoms with Gasteiger partial charge in [-0.3, -0.25) is 14.5 Å². The van der Waals surface area contributed by atoms with Gasteiger partial charge in [0.25, 0.3) is 0 Å². The molecule has 6 heteroatoms. The maximum Gasteiger partial charge on any atom is 0.240 e. The van der Waals surface area contributed by atoms with E-state index >= 15 is 0 Å². The molecule has 1 aliphatic rings. The summed E-state index contributed by atoms with van der Waals surface area (Å²) < 4.78 is 0. The monoisotopic (exact) mass is 314 g/mol. The first kappa shape index (κ1) is 15.3. The maximum atomic E-state index is 12.3. The van der Waals surface area contributed by atoms with Crippen molar-refractivity contribution < 1.29 is 9.59 Å². The summed E-state index contributed by atoms with van der Waals surface area (Å²) in [5, 5.41) is 3.62. The fourth-order valence-electron chi connectivity index (χ4n) is 2.19. The highest BCUT2D eigenvalue weighted by Gasteiger charge is 2.38. The van der Waals surface area contributed by atoms with Gasteiger partial charge in [0.1, 0.15) is 0 Å². The highest BCUT2D eigenvalue weighted by molar-refractivity contribution is 6.36. The molecule has 0 unspecified atom stereocenters. The van der Waals surface area contributed by atoms with Crippen molar-refractivity contribution in [2.45, 2.75) is 19.4 Å². The number of amides is 1. The number of carbonyl (C=O) groups excluding carboxylic acids is 2. The molecule has 0 bridgehead atoms. The molecule has 0 saturated carbocycles. The number of piperazine rings is 1. The minimum absolute atomic E-state index is 0.0706. The van der Waals surface area contributed by atoms with E-state index in [4.69, 9.17) is 23.2 Å². The van der Waals surface area contributed by atoms with E-state index < -0.39 is 5.54 Å². The summed E-state index contributed by atoms with van der Waals surface area (Å²) in [5.41, 5.74) is -0.273. The molecule has 1 N–H and O–H groups in total. The summed E-state index contributed by atoms with van der Waals surface area (Å²) in [6.45, 7) is 4.94. The predicted molar refractivity (Wildman–Crippen MR) is 79.5 cm³/mol. The summed E-state index contributed by atoms with van der Waals surface area (Å²) in [7, 11) is 0. The maximum absolute atomic E-state index is 12.3. The molecule has 1 amide bonds. The first-order valence-electron chi connectivity index (χ1n) is 6.34. The van der Waals surface area contributed by atoms with Gasteiger partial charge in [-0.1, -0.05) is 23.2 Å². The molecule has 0 radical (unpaired) electrons. The normalized spacial score (nSPS) is 18.7. The van der Waals surface area contributed by atoms with E-state index in [2.05, 4.69) is 5.32 Å². The van der Waals surface area contributed by atoms with E-state index in [1.807, 2.05) is 4.90 Å². The second-order valence-corrected chi connectivity index (χ2v) is 6.13. The lowest BCUT2D eigenvalue weighted by Gasteiger charge is -2.40. The van der Waals surface area contributed by atoms with Crippen molar-refractivity contribution in [2.75, 3.05) is 19.6 Å². The molecule has 1 aromatic rings. The summed E-state index contributed by atoms with van der Waals surface area (Å²) in [5.74, 6) is -0.187. The minimum Gasteiger partial charge on any atom is -0.353 e. The molecule has 0 spiro atoms. The largest absolute Gasteiger partial charge is 0.353 e. The van der Waals surface area contributed by atoms with Crippen LogP contribution in [-0.4, -0.2) is 41.8 Å². The third kappa shape index (κ3) is 2.97. The lowest BCUT2D eigenvalue weighted by Crippen LogP contribution is -2.62. The number of nitrogens with one attached hydrogen (secondary N) is 1. The van der Waals surface area contributed by atoms with Gasteiger partial charge in [0.2, 0.25) is 5.91 Å². The van der Waals surface area contributed by atoms with Crippen LogP contribution in [0.3, 0.4) is 0 Å². The third-order valence-corrected chi connectivity index (χ3v) is 4.13. The van der Waals surface area contributed by atoms with Gasteiger partial charge in [0.15, 0.2) is 5.78 Å². The average molecular weight is 315 g/mol. The molecule has 1 heterocycles. The number of Topliss-reactive ketones (excluding diaryl/α,β-unsaturated/α-hetero) is 1. The van der Waals surface area contributed by atoms with Gasteiger partial charge in [-0.25, -0.2) is 0 Å². The van der Waals surface area contributed by atoms with Crippen LogP contribution in [0, 0.1) is 0 Å². The van der Waals surface area contributed by atoms with Crippen molar-refractivity contribution >= 4 is 34.9 Å². The topological polar surface area (TPSA) is 49.4 Å². The lowest BCUT2D eigenvalue weighted by molar-refractivity contribution is -0.134. The Kier molecular flexibility index (Phi) is 4.37. The van der Waals surface area contributed by atoms with Crippen LogP contribution in [0.15, 0.2) is 18.2 Å². The zero-order valence-electron chi connectivity index (χ0n) is 11.4. The van der Waals surface area contributed by atoms with Crippen molar-refractivity contribution in [3.63, 3.8) is 0 Å². The Hall–Kier alpha value is -1.10. The van der Waals surface area contributed by atoms with Crippen LogP contribution in [0.1, 0.15) is 24.2 Å². The molecule has 0 aromatic heterocycles. The highest BCUT2D eigenvalue weighted by Crippen LogP contribution is 2.23. The zero-order chi connectivity index (χ0) is 14.9. The van der Waals surface area contributed by atoms with Crippen molar-refractivity contribution in [3.8, 4) is 0 Å². The van der Waals surface area contributed by atoms with E-state index in [0.717, 1.165) is 0 Å². The minimum atomic E-state index is -0.702. The Labute approximate surface area is 128 Å². The van der Waals surface area contributed by atoms with Gasteiger partial charge in [-0.05, 0) is 32.0 Å². The first-order valence-corrected chi connectivity index (χ1v) is 7.09. The summed E-state index contributed by atoms with van der Waals surface area (Å²) >= 11 is 11.9. The number of benzene rings is 1. The number of hydrogen-bond acceptors (Lipinski definition) is 3. The van der Waals surface area contributed by atoms with Gasteiger partial charge in [-0.2, -0.15) is 0 Å². The number of carbonyl (C=O) groups is 2. The third-order valence-electron chi connectivity index (χ3n) is 3.58. The second-order valence-electron chi connectivity index (χ2n) is 5.28. The molecule has 1 aromatic carbocycles. The van der Waals surface area contributed by atoms with E-state index in [0.29, 0.717) is 28.7 Å². The Morgan fingerprint density at radius 1 is 1.40 bits per heavy atom. The van der Waals surface area contributed by atoms with Crippen molar-refractivity contribution in [1.82, 2.24) is 10.2 Å². The standard InChI is InChI=1S/C14H16Cl2N2O2/c1-14(2)13(20)17-5-6-18(14)8-12(19)10-4-3-9(15)7-11(10)16/h3-4,7H,5-6,8H2,1-2H3,(H,17,20). The van der Waals surface area contributed by atoms with E-state index in [1.54, 1.807) is 32.0 Å². The van der Waals surface area contributed by atoms with E-state index in [-0.39, 0.29) is 18.2 Å². The van der Waals surface area contributed by atoms with Crippen LogP contribution in [0.4, 0.5) is 0 Å². The number of ketones is 1. The SMILES string of the molecule is CC1(C)C(=O)NCCN1CC(=O)c1ccc(Cl)cc1Cl. The molecular weight excluding hydrogens is 299 g/mol. The van der Waals surface area contributed by atoms with Crippen LogP contribution >= 0.6 is 23.2 Å². The fraction of sp³-hybridized carbons (Fsp3) is 0.429. The lowest BCUT2D eigenvalue weighted by atomic mass is 9.97. The molecule has 1 saturated heterocycles. The molecule has 1 fully saturated rings. The number of halogens is 2. The Morgan fingerprint density at radius 3 is 2.75 bits per heavy atom. The molecular formula is C14H16Cl2N2O2. The summed E-state index contributed by atoms with van der Waals surface area (Å²) in [6.07, 6.45) is 0. The molecule has 0 aliphatic carbocycles. The van der Waals surface area contributed by atoms with Gasteiger partial charge in [-0.15, -0.1) is 0 Å². The van der Waals surface area contributed by atoms with Crippen LogP contribution in [0.25, 0.3) is 0 Å². The van der Waals surface area contributed by atoms with Gasteiger partial charge in [0.05, 0.1) is 17.1 Å². The van der Waals surface area contributed by atoms with Crippen LogP contribution in [0.5, 0.6) is 0 Å². The quantitative estimate of drug-likeness (QED) is 0.871. The Bertz CT molecular complexity index is 558. The summed E-state index contributed by atoms with van der Waals surface area (Å²) in [4.78, 5) is 26.0. The average Bonchev–Trinajstić information content (AvgIpc) is 2.35. The first-order chi connectivity index (χ1) is 9.32. The predicted octanol–water partition coefficient (Wildman–Crippen LogP) is 2.39. The van der Waals surface area contributed by atoms with E-state index in [9.17, 15) is 9.59 Å². The van der Waals surface area contributed by atoms with Gasteiger partial charge in [0, 0.05) is 23.7 Å².